The third kappa shape index (κ3) is 5.48. The Labute approximate surface area is 134 Å². The minimum atomic E-state index is -0.327. The van der Waals surface area contributed by atoms with E-state index in [-0.39, 0.29) is 17.7 Å². The molecule has 7 nitrogen and oxygen atoms in total. The predicted octanol–water partition coefficient (Wildman–Crippen LogP) is 2.69. The highest BCUT2D eigenvalue weighted by Gasteiger charge is 2.08. The van der Waals surface area contributed by atoms with E-state index in [1.54, 1.807) is 43.5 Å². The van der Waals surface area contributed by atoms with Gasteiger partial charge in [0.1, 0.15) is 0 Å². The number of hydrogen-bond acceptors (Lipinski definition) is 4. The van der Waals surface area contributed by atoms with E-state index in [1.165, 1.54) is 6.26 Å². The first-order chi connectivity index (χ1) is 11.2. The maximum Gasteiger partial charge on any atom is 0.319 e. The minimum Gasteiger partial charge on any atom is -0.459 e. The number of methoxy groups -OCH3 is 1. The van der Waals surface area contributed by atoms with Gasteiger partial charge in [-0.15, -0.1) is 0 Å². The molecule has 0 spiro atoms. The normalized spacial score (nSPS) is 10.1. The lowest BCUT2D eigenvalue weighted by Crippen LogP contribution is -2.30. The first kappa shape index (κ1) is 16.6. The molecule has 122 valence electrons. The Hall–Kier alpha value is -2.80. The number of hydrogen-bond donors (Lipinski definition) is 3. The summed E-state index contributed by atoms with van der Waals surface area (Å²) in [5.41, 5.74) is 1.24. The zero-order valence-electron chi connectivity index (χ0n) is 12.8. The number of rotatable bonds is 7. The quantitative estimate of drug-likeness (QED) is 0.685. The van der Waals surface area contributed by atoms with Crippen molar-refractivity contribution < 1.29 is 18.7 Å². The summed E-state index contributed by atoms with van der Waals surface area (Å²) in [5, 5.41) is 8.12. The summed E-state index contributed by atoms with van der Waals surface area (Å²) >= 11 is 0. The van der Waals surface area contributed by atoms with Gasteiger partial charge >= 0.3 is 6.03 Å². The maximum atomic E-state index is 11.8. The molecule has 0 saturated heterocycles. The zero-order valence-corrected chi connectivity index (χ0v) is 12.8. The van der Waals surface area contributed by atoms with E-state index in [9.17, 15) is 9.59 Å². The fourth-order valence-corrected chi connectivity index (χ4v) is 1.83. The number of nitrogens with one attached hydrogen (secondary N) is 3. The molecule has 7 heteroatoms. The zero-order chi connectivity index (χ0) is 16.5. The highest BCUT2D eigenvalue weighted by molar-refractivity contribution is 6.02. The standard InChI is InChI=1S/C16H19N3O4/c1-22-10-3-9-17-16(21)19-13-7-5-12(6-8-13)18-15(20)14-4-2-11-23-14/h2,4-8,11H,3,9-10H2,1H3,(H,18,20)(H2,17,19,21). The van der Waals surface area contributed by atoms with Gasteiger partial charge in [-0.05, 0) is 42.8 Å². The van der Waals surface area contributed by atoms with E-state index in [0.29, 0.717) is 24.5 Å². The number of carbonyl (C=O) groups excluding carboxylic acids is 2. The van der Waals surface area contributed by atoms with Gasteiger partial charge < -0.3 is 25.1 Å². The molecule has 3 N–H and O–H groups in total. The minimum absolute atomic E-state index is 0.239. The molecule has 0 radical (unpaired) electrons. The van der Waals surface area contributed by atoms with Gasteiger partial charge in [0.15, 0.2) is 5.76 Å². The number of anilines is 2. The maximum absolute atomic E-state index is 11.8. The second-order valence-electron chi connectivity index (χ2n) is 4.74. The molecule has 3 amide bonds. The SMILES string of the molecule is COCCCNC(=O)Nc1ccc(NC(=O)c2ccco2)cc1. The fourth-order valence-electron chi connectivity index (χ4n) is 1.83. The smallest absolute Gasteiger partial charge is 0.319 e. The molecule has 0 atom stereocenters. The van der Waals surface area contributed by atoms with E-state index in [2.05, 4.69) is 16.0 Å². The third-order valence-corrected chi connectivity index (χ3v) is 2.96. The van der Waals surface area contributed by atoms with Crippen molar-refractivity contribution in [2.24, 2.45) is 0 Å². The van der Waals surface area contributed by atoms with Crippen LogP contribution in [0.5, 0.6) is 0 Å². The van der Waals surface area contributed by atoms with Crippen LogP contribution in [0.2, 0.25) is 0 Å². The van der Waals surface area contributed by atoms with Crippen LogP contribution in [0, 0.1) is 0 Å². The van der Waals surface area contributed by atoms with Crippen LogP contribution in [-0.4, -0.2) is 32.2 Å². The van der Waals surface area contributed by atoms with Crippen molar-refractivity contribution in [3.8, 4) is 0 Å². The van der Waals surface area contributed by atoms with Crippen molar-refractivity contribution in [3.63, 3.8) is 0 Å². The number of benzene rings is 1. The van der Waals surface area contributed by atoms with Crippen molar-refractivity contribution >= 4 is 23.3 Å². The molecule has 1 heterocycles. The lowest BCUT2D eigenvalue weighted by Gasteiger charge is -2.08. The first-order valence-corrected chi connectivity index (χ1v) is 7.18. The third-order valence-electron chi connectivity index (χ3n) is 2.96. The van der Waals surface area contributed by atoms with Gasteiger partial charge in [-0.25, -0.2) is 4.79 Å². The van der Waals surface area contributed by atoms with Crippen LogP contribution in [0.1, 0.15) is 17.0 Å². The Bertz CT molecular complexity index is 623. The summed E-state index contributed by atoms with van der Waals surface area (Å²) in [7, 11) is 1.62. The van der Waals surface area contributed by atoms with Crippen molar-refractivity contribution in [1.82, 2.24) is 5.32 Å². The molecule has 2 aromatic rings. The van der Waals surface area contributed by atoms with Crippen molar-refractivity contribution in [2.75, 3.05) is 30.9 Å². The Balaban J connectivity index is 1.80. The van der Waals surface area contributed by atoms with E-state index >= 15 is 0 Å². The van der Waals surface area contributed by atoms with Gasteiger partial charge in [0.25, 0.3) is 5.91 Å². The molecule has 0 bridgehead atoms. The van der Waals surface area contributed by atoms with Crippen molar-refractivity contribution in [2.45, 2.75) is 6.42 Å². The Morgan fingerprint density at radius 2 is 1.78 bits per heavy atom. The van der Waals surface area contributed by atoms with Gasteiger partial charge in [0.05, 0.1) is 6.26 Å². The number of urea groups is 1. The largest absolute Gasteiger partial charge is 0.459 e. The molecule has 0 fully saturated rings. The molecule has 0 aliphatic carbocycles. The molecular formula is C16H19N3O4. The molecule has 0 saturated carbocycles. The summed E-state index contributed by atoms with van der Waals surface area (Å²) in [6, 6.07) is 9.74. The summed E-state index contributed by atoms with van der Waals surface area (Å²) in [4.78, 5) is 23.5. The second kappa shape index (κ2) is 8.60. The predicted molar refractivity (Wildman–Crippen MR) is 86.6 cm³/mol. The first-order valence-electron chi connectivity index (χ1n) is 7.18. The van der Waals surface area contributed by atoms with Crippen LogP contribution in [0.4, 0.5) is 16.2 Å². The fraction of sp³-hybridized carbons (Fsp3) is 0.250. The molecule has 1 aromatic heterocycles. The Kier molecular flexibility index (Phi) is 6.19. The van der Waals surface area contributed by atoms with E-state index in [0.717, 1.165) is 6.42 Å². The molecule has 0 aliphatic heterocycles. The van der Waals surface area contributed by atoms with Crippen LogP contribution in [0.15, 0.2) is 47.1 Å². The van der Waals surface area contributed by atoms with Crippen LogP contribution >= 0.6 is 0 Å². The average Bonchev–Trinajstić information content (AvgIpc) is 3.08. The summed E-state index contributed by atoms with van der Waals surface area (Å²) in [6.45, 7) is 1.14. The van der Waals surface area contributed by atoms with Gasteiger partial charge in [-0.2, -0.15) is 0 Å². The van der Waals surface area contributed by atoms with E-state index in [4.69, 9.17) is 9.15 Å². The van der Waals surface area contributed by atoms with Crippen molar-refractivity contribution in [1.29, 1.82) is 0 Å². The molecule has 0 aliphatic rings. The number of ether oxygens (including phenoxy) is 1. The average molecular weight is 317 g/mol. The van der Waals surface area contributed by atoms with E-state index in [1.807, 2.05) is 0 Å². The lowest BCUT2D eigenvalue weighted by molar-refractivity contribution is 0.0996. The van der Waals surface area contributed by atoms with Gasteiger partial charge in [-0.1, -0.05) is 0 Å². The number of amides is 3. The van der Waals surface area contributed by atoms with Crippen LogP contribution in [-0.2, 0) is 4.74 Å². The van der Waals surface area contributed by atoms with Gasteiger partial charge in [0, 0.05) is 31.6 Å². The van der Waals surface area contributed by atoms with Gasteiger partial charge in [0.2, 0.25) is 0 Å². The summed E-state index contributed by atoms with van der Waals surface area (Å²) < 4.78 is 9.91. The Morgan fingerprint density at radius 1 is 1.09 bits per heavy atom. The summed E-state index contributed by atoms with van der Waals surface area (Å²) in [5.74, 6) is -0.0887. The number of carbonyl (C=O) groups is 2. The monoisotopic (exact) mass is 317 g/mol. The molecule has 1 aromatic carbocycles. The molecular weight excluding hydrogens is 298 g/mol. The molecule has 0 unspecified atom stereocenters. The van der Waals surface area contributed by atoms with Crippen molar-refractivity contribution in [3.05, 3.63) is 48.4 Å². The molecule has 2 rings (SSSR count). The van der Waals surface area contributed by atoms with Gasteiger partial charge in [-0.3, -0.25) is 4.79 Å². The lowest BCUT2D eigenvalue weighted by atomic mass is 10.2. The summed E-state index contributed by atoms with van der Waals surface area (Å²) in [6.07, 6.45) is 2.19. The second-order valence-corrected chi connectivity index (χ2v) is 4.74. The Morgan fingerprint density at radius 3 is 2.39 bits per heavy atom. The highest BCUT2D eigenvalue weighted by atomic mass is 16.5. The van der Waals surface area contributed by atoms with E-state index < -0.39 is 0 Å². The van der Waals surface area contributed by atoms with Crippen LogP contribution in [0.3, 0.4) is 0 Å². The van der Waals surface area contributed by atoms with Crippen LogP contribution < -0.4 is 16.0 Å². The van der Waals surface area contributed by atoms with Crippen LogP contribution in [0.25, 0.3) is 0 Å². The number of furan rings is 1. The molecule has 23 heavy (non-hydrogen) atoms. The highest BCUT2D eigenvalue weighted by Crippen LogP contribution is 2.14. The topological polar surface area (TPSA) is 92.6 Å².